The minimum absolute atomic E-state index is 0. The molecule has 4 rings (SSSR count). The molecule has 1 amide bonds. The van der Waals surface area contributed by atoms with Gasteiger partial charge in [0.05, 0.1) is 35.4 Å². The Balaban J connectivity index is 0.00000225. The fourth-order valence-electron chi connectivity index (χ4n) is 4.27. The summed E-state index contributed by atoms with van der Waals surface area (Å²) in [6, 6.07) is 9.70. The molecule has 1 fully saturated rings. The van der Waals surface area contributed by atoms with Crippen LogP contribution < -0.4 is 34.7 Å². The SMILES string of the molecule is C[C@@H](O)[C@H]1C(=O)N2C(C(=O)[O-])=C([C@H]3CC(CCc4ccccc4)=NO3)C[C@H]12.[Na+]. The molecular weight excluding hydrogens is 371 g/mol. The predicted octanol–water partition coefficient (Wildman–Crippen LogP) is -2.62. The van der Waals surface area contributed by atoms with E-state index < -0.39 is 24.1 Å². The summed E-state index contributed by atoms with van der Waals surface area (Å²) in [7, 11) is 0. The van der Waals surface area contributed by atoms with Gasteiger partial charge >= 0.3 is 29.6 Å². The summed E-state index contributed by atoms with van der Waals surface area (Å²) >= 11 is 0. The molecule has 4 atom stereocenters. The first-order chi connectivity index (χ1) is 13.0. The molecule has 0 unspecified atom stereocenters. The van der Waals surface area contributed by atoms with Gasteiger partial charge in [0.25, 0.3) is 0 Å². The Morgan fingerprint density at radius 2 is 2.04 bits per heavy atom. The van der Waals surface area contributed by atoms with Gasteiger partial charge in [-0.25, -0.2) is 0 Å². The quantitative estimate of drug-likeness (QED) is 0.422. The number of benzene rings is 1. The fourth-order valence-corrected chi connectivity index (χ4v) is 4.27. The molecule has 1 aromatic carbocycles. The molecule has 7 nitrogen and oxygen atoms in total. The number of carboxylic acid groups (broad SMARTS) is 1. The van der Waals surface area contributed by atoms with Gasteiger partial charge in [-0.15, -0.1) is 0 Å². The molecule has 3 heterocycles. The molecule has 1 N–H and O–H groups in total. The number of hydrogen-bond acceptors (Lipinski definition) is 6. The van der Waals surface area contributed by atoms with Crippen LogP contribution in [0.25, 0.3) is 0 Å². The van der Waals surface area contributed by atoms with E-state index in [0.717, 1.165) is 18.6 Å². The summed E-state index contributed by atoms with van der Waals surface area (Å²) < 4.78 is 0. The zero-order chi connectivity index (χ0) is 19.1. The number of fused-ring (bicyclic) bond motifs is 1. The molecule has 3 aliphatic heterocycles. The second kappa shape index (κ2) is 8.37. The molecule has 0 aliphatic carbocycles. The summed E-state index contributed by atoms with van der Waals surface area (Å²) in [4.78, 5) is 30.7. The molecule has 28 heavy (non-hydrogen) atoms. The van der Waals surface area contributed by atoms with Crippen molar-refractivity contribution in [2.45, 2.75) is 50.9 Å². The number of aliphatic hydroxyl groups excluding tert-OH is 1. The number of carboxylic acids is 1. The van der Waals surface area contributed by atoms with Gasteiger partial charge in [-0.1, -0.05) is 35.5 Å². The molecule has 1 saturated heterocycles. The number of nitrogens with zero attached hydrogens (tertiary/aromatic N) is 2. The zero-order valence-electron chi connectivity index (χ0n) is 16.0. The smallest absolute Gasteiger partial charge is 0.543 e. The molecule has 0 spiro atoms. The van der Waals surface area contributed by atoms with Crippen LogP contribution in [0.1, 0.15) is 31.7 Å². The molecule has 0 radical (unpaired) electrons. The standard InChI is InChI=1S/C20H22N2O5.Na/c1-11(23)17-15-10-14(18(20(25)26)22(15)19(17)24)16-9-13(21-27-16)8-7-12-5-3-2-4-6-12;/h2-6,11,15-17,23H,7-10H2,1H3,(H,25,26);/q;+1/p-1/t11-,15-,16-,17-;/m1./s1. The molecule has 0 saturated carbocycles. The molecule has 0 bridgehead atoms. The number of carbonyl (C=O) groups is 2. The van der Waals surface area contributed by atoms with Crippen molar-refractivity contribution in [3.05, 3.63) is 47.2 Å². The molecular formula is C20H21N2NaO5. The number of hydrogen-bond donors (Lipinski definition) is 1. The average Bonchev–Trinajstić information content (AvgIpc) is 3.23. The van der Waals surface area contributed by atoms with E-state index in [4.69, 9.17) is 4.84 Å². The number of aliphatic hydroxyl groups is 1. The normalized spacial score (nSPS) is 26.8. The minimum Gasteiger partial charge on any atom is -0.543 e. The van der Waals surface area contributed by atoms with Gasteiger partial charge < -0.3 is 24.7 Å². The van der Waals surface area contributed by atoms with E-state index in [9.17, 15) is 19.8 Å². The monoisotopic (exact) mass is 392 g/mol. The van der Waals surface area contributed by atoms with Gasteiger partial charge in [0.2, 0.25) is 5.91 Å². The van der Waals surface area contributed by atoms with E-state index in [2.05, 4.69) is 5.16 Å². The molecule has 1 aromatic rings. The Morgan fingerprint density at radius 3 is 2.68 bits per heavy atom. The van der Waals surface area contributed by atoms with Crippen molar-refractivity contribution in [2.75, 3.05) is 0 Å². The molecule has 0 aromatic heterocycles. The number of amides is 1. The maximum absolute atomic E-state index is 12.3. The fraction of sp³-hybridized carbons (Fsp3) is 0.450. The third kappa shape index (κ3) is 3.64. The van der Waals surface area contributed by atoms with E-state index in [1.165, 1.54) is 10.5 Å². The van der Waals surface area contributed by atoms with Crippen LogP contribution >= 0.6 is 0 Å². The number of rotatable bonds is 6. The van der Waals surface area contributed by atoms with Crippen molar-refractivity contribution in [1.82, 2.24) is 4.90 Å². The Bertz CT molecular complexity index is 836. The number of aliphatic carboxylic acids is 1. The van der Waals surface area contributed by atoms with E-state index in [-0.39, 0.29) is 47.2 Å². The van der Waals surface area contributed by atoms with Gasteiger partial charge in [0.15, 0.2) is 6.10 Å². The Labute approximate surface area is 185 Å². The van der Waals surface area contributed by atoms with E-state index >= 15 is 0 Å². The van der Waals surface area contributed by atoms with Gasteiger partial charge in [0.1, 0.15) is 0 Å². The van der Waals surface area contributed by atoms with Gasteiger partial charge in [-0.05, 0) is 31.7 Å². The molecule has 142 valence electrons. The van der Waals surface area contributed by atoms with Crippen LogP contribution in [0.3, 0.4) is 0 Å². The maximum Gasteiger partial charge on any atom is 1.00 e. The van der Waals surface area contributed by atoms with Crippen molar-refractivity contribution in [3.8, 4) is 0 Å². The predicted molar refractivity (Wildman–Crippen MR) is 94.1 cm³/mol. The van der Waals surface area contributed by atoms with Crippen molar-refractivity contribution >= 4 is 17.6 Å². The second-order valence-electron chi connectivity index (χ2n) is 7.35. The maximum atomic E-state index is 12.3. The number of oxime groups is 1. The van der Waals surface area contributed by atoms with Crippen LogP contribution in [0.5, 0.6) is 0 Å². The van der Waals surface area contributed by atoms with E-state index in [1.807, 2.05) is 30.3 Å². The first-order valence-corrected chi connectivity index (χ1v) is 9.18. The third-order valence-electron chi connectivity index (χ3n) is 5.62. The largest absolute Gasteiger partial charge is 1.00 e. The summed E-state index contributed by atoms with van der Waals surface area (Å²) in [5.74, 6) is -2.32. The second-order valence-corrected chi connectivity index (χ2v) is 7.35. The summed E-state index contributed by atoms with van der Waals surface area (Å²) in [6.07, 6.45) is 1.14. The molecule has 8 heteroatoms. The van der Waals surface area contributed by atoms with Crippen molar-refractivity contribution < 1.29 is 54.2 Å². The van der Waals surface area contributed by atoms with Crippen molar-refractivity contribution in [2.24, 2.45) is 11.1 Å². The van der Waals surface area contributed by atoms with E-state index in [0.29, 0.717) is 18.4 Å². The summed E-state index contributed by atoms with van der Waals surface area (Å²) in [5, 5.41) is 25.6. The Hall–Kier alpha value is -1.67. The topological polar surface area (TPSA) is 102 Å². The third-order valence-corrected chi connectivity index (χ3v) is 5.62. The van der Waals surface area contributed by atoms with E-state index in [1.54, 1.807) is 6.92 Å². The number of aryl methyl sites for hydroxylation is 1. The van der Waals surface area contributed by atoms with Crippen LogP contribution in [-0.4, -0.2) is 45.8 Å². The van der Waals surface area contributed by atoms with Crippen LogP contribution in [0.4, 0.5) is 0 Å². The first kappa shape index (κ1) is 21.0. The van der Waals surface area contributed by atoms with Crippen LogP contribution in [0, 0.1) is 5.92 Å². The Kier molecular flexibility index (Phi) is 6.29. The van der Waals surface area contributed by atoms with Gasteiger partial charge in [-0.2, -0.15) is 0 Å². The van der Waals surface area contributed by atoms with Crippen molar-refractivity contribution in [3.63, 3.8) is 0 Å². The number of carbonyl (C=O) groups excluding carboxylic acids is 2. The average molecular weight is 392 g/mol. The summed E-state index contributed by atoms with van der Waals surface area (Å²) in [5.41, 5.74) is 2.51. The van der Waals surface area contributed by atoms with Crippen LogP contribution in [0.2, 0.25) is 0 Å². The van der Waals surface area contributed by atoms with Crippen LogP contribution in [0.15, 0.2) is 46.8 Å². The first-order valence-electron chi connectivity index (χ1n) is 9.18. The van der Waals surface area contributed by atoms with Gasteiger partial charge in [0, 0.05) is 12.0 Å². The van der Waals surface area contributed by atoms with Crippen LogP contribution in [-0.2, 0) is 20.8 Å². The minimum atomic E-state index is -1.38. The number of β-lactam (4-membered cyclic amide) rings is 1. The molecule has 3 aliphatic rings. The zero-order valence-corrected chi connectivity index (χ0v) is 18.0. The summed E-state index contributed by atoms with van der Waals surface area (Å²) in [6.45, 7) is 1.55. The van der Waals surface area contributed by atoms with Gasteiger partial charge in [-0.3, -0.25) is 4.79 Å². The Morgan fingerprint density at radius 1 is 1.32 bits per heavy atom. The van der Waals surface area contributed by atoms with Crippen molar-refractivity contribution in [1.29, 1.82) is 0 Å².